The van der Waals surface area contributed by atoms with E-state index in [0.29, 0.717) is 15.7 Å². The maximum absolute atomic E-state index is 13.2. The van der Waals surface area contributed by atoms with Crippen molar-refractivity contribution in [2.45, 2.75) is 26.3 Å². The van der Waals surface area contributed by atoms with E-state index in [1.165, 1.54) is 33.1 Å². The summed E-state index contributed by atoms with van der Waals surface area (Å²) in [5.74, 6) is -0.767. The average Bonchev–Trinajstić information content (AvgIpc) is 3.44. The standard InChI is InChI=1S/C22H18N4O2S2.ClH/c1-3-13-8-10-14(11-9-13)18-17(20-23-15-6-4-5-7-16(15)30-20)19(27)21(28)26(18)22-25-24-12(2)29-22;/h4-11,18,27H,3H2,1-2H3;1H. The van der Waals surface area contributed by atoms with Gasteiger partial charge in [0.2, 0.25) is 5.13 Å². The Bertz CT molecular complexity index is 1260. The summed E-state index contributed by atoms with van der Waals surface area (Å²) in [6.45, 7) is 3.94. The van der Waals surface area contributed by atoms with Gasteiger partial charge in [-0.3, -0.25) is 9.69 Å². The third-order valence-corrected chi connectivity index (χ3v) is 7.07. The van der Waals surface area contributed by atoms with E-state index in [2.05, 4.69) is 29.3 Å². The van der Waals surface area contributed by atoms with Crippen molar-refractivity contribution in [2.75, 3.05) is 4.90 Å². The SMILES string of the molecule is CCc1ccc(C2C(c3nc4ccccc4s3)=C(O)C(=O)N2c2nnc(C)s2)cc1.Cl. The molecule has 6 nitrogen and oxygen atoms in total. The molecule has 1 N–H and O–H groups in total. The Balaban J connectivity index is 0.00000231. The van der Waals surface area contributed by atoms with Gasteiger partial charge in [-0.05, 0) is 36.6 Å². The first-order valence-electron chi connectivity index (χ1n) is 9.58. The molecule has 1 atom stereocenters. The molecule has 1 unspecified atom stereocenters. The number of amides is 1. The lowest BCUT2D eigenvalue weighted by molar-refractivity contribution is -0.117. The van der Waals surface area contributed by atoms with Crippen molar-refractivity contribution >= 4 is 61.9 Å². The molecule has 0 saturated heterocycles. The Kier molecular flexibility index (Phi) is 5.79. The number of anilines is 1. The van der Waals surface area contributed by atoms with E-state index >= 15 is 0 Å². The first kappa shape index (κ1) is 21.4. The van der Waals surface area contributed by atoms with Crippen LogP contribution in [0.2, 0.25) is 0 Å². The van der Waals surface area contributed by atoms with E-state index in [9.17, 15) is 9.90 Å². The van der Waals surface area contributed by atoms with Crippen molar-refractivity contribution in [3.63, 3.8) is 0 Å². The Morgan fingerprint density at radius 1 is 1.06 bits per heavy atom. The number of halogens is 1. The quantitative estimate of drug-likeness (QED) is 0.426. The highest BCUT2D eigenvalue weighted by Crippen LogP contribution is 2.47. The Labute approximate surface area is 193 Å². The molecule has 1 aliphatic rings. The van der Waals surface area contributed by atoms with Crippen LogP contribution in [0.1, 0.15) is 34.1 Å². The summed E-state index contributed by atoms with van der Waals surface area (Å²) >= 11 is 2.80. The maximum atomic E-state index is 13.2. The second-order valence-corrected chi connectivity index (χ2v) is 9.22. The summed E-state index contributed by atoms with van der Waals surface area (Å²) < 4.78 is 1.01. The van der Waals surface area contributed by atoms with Gasteiger partial charge in [-0.2, -0.15) is 0 Å². The summed E-state index contributed by atoms with van der Waals surface area (Å²) in [6.07, 6.45) is 0.926. The second kappa shape index (κ2) is 8.37. The first-order valence-corrected chi connectivity index (χ1v) is 11.2. The molecule has 2 aromatic carbocycles. The Hall–Kier alpha value is -2.81. The smallest absolute Gasteiger partial charge is 0.296 e. The highest BCUT2D eigenvalue weighted by molar-refractivity contribution is 7.19. The number of thiazole rings is 1. The minimum Gasteiger partial charge on any atom is -0.503 e. The normalized spacial score (nSPS) is 16.3. The monoisotopic (exact) mass is 470 g/mol. The molecule has 0 fully saturated rings. The number of carbonyl (C=O) groups is 1. The summed E-state index contributed by atoms with van der Waals surface area (Å²) in [6, 6.07) is 15.4. The number of rotatable bonds is 4. The van der Waals surface area contributed by atoms with E-state index < -0.39 is 11.9 Å². The molecule has 1 aliphatic heterocycles. The number of aliphatic hydroxyl groups is 1. The van der Waals surface area contributed by atoms with Crippen LogP contribution in [-0.2, 0) is 11.2 Å². The number of hydrogen-bond acceptors (Lipinski definition) is 7. The number of carbonyl (C=O) groups excluding carboxylic acids is 1. The molecule has 0 spiro atoms. The first-order chi connectivity index (χ1) is 14.6. The predicted molar refractivity (Wildman–Crippen MR) is 127 cm³/mol. The molecule has 1 amide bonds. The lowest BCUT2D eigenvalue weighted by atomic mass is 9.98. The largest absolute Gasteiger partial charge is 0.503 e. The molecule has 0 radical (unpaired) electrons. The Morgan fingerprint density at radius 2 is 1.81 bits per heavy atom. The number of nitrogens with zero attached hydrogens (tertiary/aromatic N) is 4. The van der Waals surface area contributed by atoms with Crippen LogP contribution in [0.4, 0.5) is 5.13 Å². The number of aryl methyl sites for hydroxylation is 2. The number of hydrogen-bond donors (Lipinski definition) is 1. The molecule has 9 heteroatoms. The van der Waals surface area contributed by atoms with Gasteiger partial charge in [0.05, 0.1) is 21.8 Å². The lowest BCUT2D eigenvalue weighted by Crippen LogP contribution is -2.30. The van der Waals surface area contributed by atoms with Crippen molar-refractivity contribution < 1.29 is 9.90 Å². The average molecular weight is 471 g/mol. The van der Waals surface area contributed by atoms with Crippen molar-refractivity contribution in [1.82, 2.24) is 15.2 Å². The van der Waals surface area contributed by atoms with Crippen LogP contribution in [0.25, 0.3) is 15.8 Å². The number of benzene rings is 2. The summed E-state index contributed by atoms with van der Waals surface area (Å²) in [4.78, 5) is 19.4. The zero-order valence-corrected chi connectivity index (χ0v) is 19.2. The van der Waals surface area contributed by atoms with E-state index in [1.54, 1.807) is 0 Å². The summed E-state index contributed by atoms with van der Waals surface area (Å²) in [7, 11) is 0. The summed E-state index contributed by atoms with van der Waals surface area (Å²) in [5.41, 5.74) is 3.46. The van der Waals surface area contributed by atoms with E-state index in [0.717, 1.165) is 27.2 Å². The third-order valence-electron chi connectivity index (χ3n) is 5.16. The number of aromatic nitrogens is 3. The molecule has 31 heavy (non-hydrogen) atoms. The topological polar surface area (TPSA) is 79.2 Å². The van der Waals surface area contributed by atoms with Crippen molar-refractivity contribution in [3.05, 3.63) is 75.4 Å². The van der Waals surface area contributed by atoms with Gasteiger partial charge in [-0.15, -0.1) is 33.9 Å². The predicted octanol–water partition coefficient (Wildman–Crippen LogP) is 5.50. The number of aliphatic hydroxyl groups excluding tert-OH is 1. The van der Waals surface area contributed by atoms with Crippen LogP contribution in [0.3, 0.4) is 0 Å². The molecule has 0 aliphatic carbocycles. The van der Waals surface area contributed by atoms with Gasteiger partial charge in [-0.1, -0.05) is 54.7 Å². The molecule has 4 aromatic rings. The van der Waals surface area contributed by atoms with Crippen molar-refractivity contribution in [1.29, 1.82) is 0 Å². The molecule has 2 aromatic heterocycles. The van der Waals surface area contributed by atoms with Gasteiger partial charge in [0.15, 0.2) is 5.76 Å². The van der Waals surface area contributed by atoms with Gasteiger partial charge in [-0.25, -0.2) is 4.98 Å². The van der Waals surface area contributed by atoms with Crippen LogP contribution in [0.5, 0.6) is 0 Å². The van der Waals surface area contributed by atoms with E-state index in [1.807, 2.05) is 43.3 Å². The minimum atomic E-state index is -0.517. The molecule has 5 rings (SSSR count). The molecule has 0 bridgehead atoms. The van der Waals surface area contributed by atoms with Crippen LogP contribution < -0.4 is 4.90 Å². The Morgan fingerprint density at radius 3 is 2.45 bits per heavy atom. The van der Waals surface area contributed by atoms with Gasteiger partial charge in [0.25, 0.3) is 5.91 Å². The zero-order valence-electron chi connectivity index (χ0n) is 16.8. The second-order valence-electron chi connectivity index (χ2n) is 7.03. The van der Waals surface area contributed by atoms with Crippen molar-refractivity contribution in [3.8, 4) is 0 Å². The minimum absolute atomic E-state index is 0. The van der Waals surface area contributed by atoms with Crippen LogP contribution in [0, 0.1) is 6.92 Å². The maximum Gasteiger partial charge on any atom is 0.296 e. The van der Waals surface area contributed by atoms with E-state index in [-0.39, 0.29) is 18.2 Å². The summed E-state index contributed by atoms with van der Waals surface area (Å²) in [5, 5.41) is 21.0. The molecule has 158 valence electrons. The van der Waals surface area contributed by atoms with Crippen LogP contribution in [-0.4, -0.2) is 26.2 Å². The number of para-hydroxylation sites is 1. The van der Waals surface area contributed by atoms with Crippen LogP contribution >= 0.6 is 35.1 Å². The molecular formula is C22H19ClN4O2S2. The third kappa shape index (κ3) is 3.60. The molecular weight excluding hydrogens is 452 g/mol. The van der Waals surface area contributed by atoms with Gasteiger partial charge in [0.1, 0.15) is 10.0 Å². The number of fused-ring (bicyclic) bond motifs is 1. The fraction of sp³-hybridized carbons (Fsp3) is 0.182. The fourth-order valence-corrected chi connectivity index (χ4v) is 5.39. The fourth-order valence-electron chi connectivity index (χ4n) is 3.64. The van der Waals surface area contributed by atoms with Gasteiger partial charge in [0, 0.05) is 0 Å². The van der Waals surface area contributed by atoms with Crippen LogP contribution in [0.15, 0.2) is 54.3 Å². The van der Waals surface area contributed by atoms with E-state index in [4.69, 9.17) is 4.98 Å². The zero-order chi connectivity index (χ0) is 20.8. The van der Waals surface area contributed by atoms with Gasteiger partial charge >= 0.3 is 0 Å². The molecule has 0 saturated carbocycles. The molecule has 3 heterocycles. The van der Waals surface area contributed by atoms with Gasteiger partial charge < -0.3 is 5.11 Å². The lowest BCUT2D eigenvalue weighted by Gasteiger charge is -2.24. The van der Waals surface area contributed by atoms with Crippen molar-refractivity contribution in [2.24, 2.45) is 0 Å². The highest BCUT2D eigenvalue weighted by atomic mass is 35.5. The highest BCUT2D eigenvalue weighted by Gasteiger charge is 2.44.